The Kier molecular flexibility index (Phi) is 3.56. The summed E-state index contributed by atoms with van der Waals surface area (Å²) in [6, 6.07) is 0. The summed E-state index contributed by atoms with van der Waals surface area (Å²) in [5, 5.41) is 3.34. The molecule has 0 fully saturated rings. The average molecular weight is 236 g/mol. The van der Waals surface area contributed by atoms with Crippen molar-refractivity contribution in [2.45, 2.75) is 33.4 Å². The minimum Gasteiger partial charge on any atom is -0.351 e. The zero-order valence-electron chi connectivity index (χ0n) is 9.60. The fraction of sp³-hybridized carbons (Fsp3) is 0.455. The normalized spacial score (nSPS) is 10.6. The maximum Gasteiger partial charge on any atom is 0.203 e. The lowest BCUT2D eigenvalue weighted by Crippen LogP contribution is -2.07. The average Bonchev–Trinajstić information content (AvgIpc) is 2.86. The van der Waals surface area contributed by atoms with E-state index in [1.165, 1.54) is 4.88 Å². The second-order valence-corrected chi connectivity index (χ2v) is 4.60. The lowest BCUT2D eigenvalue weighted by molar-refractivity contribution is 0.682. The van der Waals surface area contributed by atoms with Gasteiger partial charge in [-0.1, -0.05) is 6.92 Å². The summed E-state index contributed by atoms with van der Waals surface area (Å²) in [6.45, 7) is 6.00. The molecule has 0 saturated heterocycles. The molecular weight excluding hydrogens is 220 g/mol. The number of imidazole rings is 1. The molecule has 0 aliphatic heterocycles. The fourth-order valence-corrected chi connectivity index (χ4v) is 2.27. The minimum absolute atomic E-state index is 0.803. The van der Waals surface area contributed by atoms with Gasteiger partial charge < -0.3 is 9.88 Å². The van der Waals surface area contributed by atoms with Gasteiger partial charge in [0, 0.05) is 23.8 Å². The maximum atomic E-state index is 4.30. The van der Waals surface area contributed by atoms with Crippen LogP contribution in [0.1, 0.15) is 23.9 Å². The van der Waals surface area contributed by atoms with Gasteiger partial charge in [0.15, 0.2) is 0 Å². The van der Waals surface area contributed by atoms with Crippen LogP contribution in [0, 0.1) is 6.92 Å². The number of nitrogens with zero attached hydrogens (tertiary/aromatic N) is 3. The molecule has 0 bridgehead atoms. The first-order valence-electron chi connectivity index (χ1n) is 5.45. The molecule has 0 unspecified atom stereocenters. The van der Waals surface area contributed by atoms with E-state index in [0.29, 0.717) is 0 Å². The van der Waals surface area contributed by atoms with Crippen molar-refractivity contribution < 1.29 is 0 Å². The van der Waals surface area contributed by atoms with E-state index >= 15 is 0 Å². The van der Waals surface area contributed by atoms with Gasteiger partial charge in [-0.2, -0.15) is 0 Å². The Bertz CT molecular complexity index is 446. The van der Waals surface area contributed by atoms with Crippen LogP contribution in [0.25, 0.3) is 0 Å². The Labute approximate surface area is 99.4 Å². The zero-order chi connectivity index (χ0) is 11.4. The van der Waals surface area contributed by atoms with Crippen LogP contribution in [0.3, 0.4) is 0 Å². The molecule has 0 radical (unpaired) electrons. The number of aromatic nitrogens is 3. The van der Waals surface area contributed by atoms with Crippen LogP contribution in [0.4, 0.5) is 5.95 Å². The van der Waals surface area contributed by atoms with Crippen molar-refractivity contribution in [1.82, 2.24) is 14.5 Å². The van der Waals surface area contributed by atoms with Crippen molar-refractivity contribution in [3.63, 3.8) is 0 Å². The molecule has 0 spiro atoms. The zero-order valence-corrected chi connectivity index (χ0v) is 10.4. The lowest BCUT2D eigenvalue weighted by Gasteiger charge is -2.07. The lowest BCUT2D eigenvalue weighted by atomic mass is 10.4. The first kappa shape index (κ1) is 11.1. The van der Waals surface area contributed by atoms with Crippen molar-refractivity contribution in [3.8, 4) is 0 Å². The van der Waals surface area contributed by atoms with E-state index in [0.717, 1.165) is 31.2 Å². The molecule has 2 aromatic heterocycles. The third kappa shape index (κ3) is 2.41. The summed E-state index contributed by atoms with van der Waals surface area (Å²) in [5.41, 5.74) is 2.98. The molecule has 0 amide bonds. The van der Waals surface area contributed by atoms with Gasteiger partial charge in [0.25, 0.3) is 0 Å². The maximum absolute atomic E-state index is 4.30. The topological polar surface area (TPSA) is 42.7 Å². The van der Waals surface area contributed by atoms with Gasteiger partial charge in [-0.05, 0) is 13.3 Å². The third-order valence-corrected chi connectivity index (χ3v) is 3.37. The van der Waals surface area contributed by atoms with Crippen molar-refractivity contribution in [2.24, 2.45) is 0 Å². The molecule has 0 atom stereocenters. The Morgan fingerprint density at radius 3 is 3.00 bits per heavy atom. The summed E-state index contributed by atoms with van der Waals surface area (Å²) in [5.74, 6) is 0.939. The monoisotopic (exact) mass is 236 g/mol. The van der Waals surface area contributed by atoms with Gasteiger partial charge >= 0.3 is 0 Å². The Morgan fingerprint density at radius 1 is 1.44 bits per heavy atom. The highest BCUT2D eigenvalue weighted by atomic mass is 32.1. The molecule has 0 aliphatic rings. The molecule has 4 nitrogen and oxygen atoms in total. The summed E-state index contributed by atoms with van der Waals surface area (Å²) in [7, 11) is 0. The van der Waals surface area contributed by atoms with Crippen LogP contribution in [0.5, 0.6) is 0 Å². The van der Waals surface area contributed by atoms with Crippen LogP contribution in [0.2, 0.25) is 0 Å². The number of rotatable bonds is 5. The minimum atomic E-state index is 0.803. The van der Waals surface area contributed by atoms with Gasteiger partial charge in [0.05, 0.1) is 17.7 Å². The Morgan fingerprint density at radius 2 is 2.31 bits per heavy atom. The quantitative estimate of drug-likeness (QED) is 0.868. The molecule has 86 valence electrons. The molecule has 2 aromatic rings. The van der Waals surface area contributed by atoms with Gasteiger partial charge in [-0.3, -0.25) is 0 Å². The van der Waals surface area contributed by atoms with E-state index in [1.54, 1.807) is 11.3 Å². The number of anilines is 1. The molecule has 16 heavy (non-hydrogen) atoms. The predicted molar refractivity (Wildman–Crippen MR) is 66.7 cm³/mol. The second-order valence-electron chi connectivity index (χ2n) is 3.66. The highest BCUT2D eigenvalue weighted by Gasteiger charge is 2.04. The molecule has 0 aromatic carbocycles. The first-order valence-corrected chi connectivity index (χ1v) is 6.33. The van der Waals surface area contributed by atoms with Crippen LogP contribution in [-0.2, 0) is 13.1 Å². The van der Waals surface area contributed by atoms with Gasteiger partial charge in [0.1, 0.15) is 0 Å². The number of thiazole rings is 1. The van der Waals surface area contributed by atoms with E-state index in [1.807, 2.05) is 24.8 Å². The standard InChI is InChI=1S/C11H16N4S/c1-3-5-15-6-4-12-11(15)13-7-10-9(2)14-8-16-10/h4,6,8H,3,5,7H2,1-2H3,(H,12,13). The molecular formula is C11H16N4S. The fourth-order valence-electron chi connectivity index (χ4n) is 1.55. The molecule has 0 saturated carbocycles. The van der Waals surface area contributed by atoms with Crippen LogP contribution in [-0.4, -0.2) is 14.5 Å². The Hall–Kier alpha value is -1.36. The van der Waals surface area contributed by atoms with Crippen molar-refractivity contribution in [3.05, 3.63) is 28.5 Å². The predicted octanol–water partition coefficient (Wildman–Crippen LogP) is 2.67. The van der Waals surface area contributed by atoms with E-state index in [-0.39, 0.29) is 0 Å². The first-order chi connectivity index (χ1) is 7.81. The number of nitrogens with one attached hydrogen (secondary N) is 1. The van der Waals surface area contributed by atoms with Gasteiger partial charge in [0.2, 0.25) is 5.95 Å². The Balaban J connectivity index is 1.99. The van der Waals surface area contributed by atoms with Crippen LogP contribution in [0.15, 0.2) is 17.9 Å². The van der Waals surface area contributed by atoms with E-state index in [9.17, 15) is 0 Å². The smallest absolute Gasteiger partial charge is 0.203 e. The third-order valence-electron chi connectivity index (χ3n) is 2.43. The molecule has 5 heteroatoms. The SMILES string of the molecule is CCCn1ccnc1NCc1scnc1C. The summed E-state index contributed by atoms with van der Waals surface area (Å²) in [4.78, 5) is 9.80. The van der Waals surface area contributed by atoms with Crippen LogP contribution < -0.4 is 5.32 Å². The molecule has 2 heterocycles. The molecule has 0 aliphatic carbocycles. The van der Waals surface area contributed by atoms with Crippen LogP contribution >= 0.6 is 11.3 Å². The second kappa shape index (κ2) is 5.12. The number of hydrogen-bond acceptors (Lipinski definition) is 4. The molecule has 1 N–H and O–H groups in total. The van der Waals surface area contributed by atoms with Crippen molar-refractivity contribution in [2.75, 3.05) is 5.32 Å². The van der Waals surface area contributed by atoms with E-state index in [4.69, 9.17) is 0 Å². The number of aryl methyl sites for hydroxylation is 2. The molecule has 2 rings (SSSR count). The van der Waals surface area contributed by atoms with Gasteiger partial charge in [-0.25, -0.2) is 9.97 Å². The van der Waals surface area contributed by atoms with Gasteiger partial charge in [-0.15, -0.1) is 11.3 Å². The summed E-state index contributed by atoms with van der Waals surface area (Å²) in [6.07, 6.45) is 4.95. The summed E-state index contributed by atoms with van der Waals surface area (Å²) >= 11 is 1.68. The number of hydrogen-bond donors (Lipinski definition) is 1. The summed E-state index contributed by atoms with van der Waals surface area (Å²) < 4.78 is 2.14. The van der Waals surface area contributed by atoms with E-state index < -0.39 is 0 Å². The van der Waals surface area contributed by atoms with Crippen molar-refractivity contribution >= 4 is 17.3 Å². The van der Waals surface area contributed by atoms with Crippen molar-refractivity contribution in [1.29, 1.82) is 0 Å². The highest BCUT2D eigenvalue weighted by molar-refractivity contribution is 7.09. The highest BCUT2D eigenvalue weighted by Crippen LogP contribution is 2.14. The van der Waals surface area contributed by atoms with E-state index in [2.05, 4.69) is 26.8 Å². The largest absolute Gasteiger partial charge is 0.351 e.